The van der Waals surface area contributed by atoms with Gasteiger partial charge in [0.15, 0.2) is 5.69 Å². The first-order valence-corrected chi connectivity index (χ1v) is 7.41. The maximum Gasteiger partial charge on any atom is 0.276 e. The van der Waals surface area contributed by atoms with Gasteiger partial charge in [0.2, 0.25) is 0 Å². The van der Waals surface area contributed by atoms with Crippen molar-refractivity contribution in [2.45, 2.75) is 6.54 Å². The van der Waals surface area contributed by atoms with Crippen molar-refractivity contribution in [2.24, 2.45) is 5.92 Å². The van der Waals surface area contributed by atoms with E-state index in [9.17, 15) is 4.79 Å². The average Bonchev–Trinajstić information content (AvgIpc) is 3.22. The minimum absolute atomic E-state index is 0.0815. The zero-order valence-corrected chi connectivity index (χ0v) is 12.4. The number of amides is 1. The number of carbonyl (C=O) groups excluding carboxylic acids is 1. The molecule has 1 aliphatic rings. The maximum atomic E-state index is 12.4. The fraction of sp³-hybridized carbons (Fsp3) is 0.267. The molecule has 0 radical (unpaired) electrons. The van der Waals surface area contributed by atoms with Crippen LogP contribution in [0.2, 0.25) is 0 Å². The van der Waals surface area contributed by atoms with E-state index in [2.05, 4.69) is 20.5 Å². The first-order chi connectivity index (χ1) is 11.3. The molecule has 0 N–H and O–H groups in total. The van der Waals surface area contributed by atoms with E-state index in [1.54, 1.807) is 15.8 Å². The van der Waals surface area contributed by atoms with Crippen molar-refractivity contribution < 1.29 is 4.79 Å². The Morgan fingerprint density at radius 3 is 2.78 bits per heavy atom. The lowest BCUT2D eigenvalue weighted by Crippen LogP contribution is -2.51. The van der Waals surface area contributed by atoms with Gasteiger partial charge in [0, 0.05) is 31.7 Å². The number of rotatable bonds is 4. The van der Waals surface area contributed by atoms with Gasteiger partial charge >= 0.3 is 0 Å². The predicted octanol–water partition coefficient (Wildman–Crippen LogP) is 0.631. The summed E-state index contributed by atoms with van der Waals surface area (Å²) in [5.41, 5.74) is 1.20. The summed E-state index contributed by atoms with van der Waals surface area (Å²) in [6, 6.07) is 9.53. The van der Waals surface area contributed by atoms with E-state index in [4.69, 9.17) is 0 Å². The third-order valence-electron chi connectivity index (χ3n) is 3.86. The van der Waals surface area contributed by atoms with Gasteiger partial charge in [-0.05, 0) is 12.1 Å². The summed E-state index contributed by atoms with van der Waals surface area (Å²) < 4.78 is 1.79. The third-order valence-corrected chi connectivity index (χ3v) is 3.86. The number of para-hydroxylation sites is 1. The number of nitrogens with zero attached hydrogens (tertiary/aromatic N) is 7. The molecule has 8 heteroatoms. The predicted molar refractivity (Wildman–Crippen MR) is 80.8 cm³/mol. The minimum atomic E-state index is -0.0815. The molecule has 0 bridgehead atoms. The lowest BCUT2D eigenvalue weighted by molar-refractivity contribution is 0.0454. The number of aromatic nitrogens is 6. The first kappa shape index (κ1) is 13.6. The molecule has 0 unspecified atom stereocenters. The molecule has 4 rings (SSSR count). The highest BCUT2D eigenvalue weighted by atomic mass is 16.2. The normalized spacial score (nSPS) is 14.7. The SMILES string of the molecule is O=C(c1cnn(-c2ccccc2)n1)N1CC(Cn2ccnn2)C1. The van der Waals surface area contributed by atoms with E-state index in [0.717, 1.165) is 12.2 Å². The molecule has 2 aromatic heterocycles. The molecule has 3 aromatic rings. The third kappa shape index (κ3) is 2.70. The largest absolute Gasteiger partial charge is 0.336 e. The van der Waals surface area contributed by atoms with Crippen LogP contribution in [0.15, 0.2) is 48.9 Å². The number of hydrogen-bond acceptors (Lipinski definition) is 5. The van der Waals surface area contributed by atoms with Gasteiger partial charge in [-0.1, -0.05) is 23.4 Å². The molecule has 8 nitrogen and oxygen atoms in total. The molecule has 1 amide bonds. The van der Waals surface area contributed by atoms with E-state index in [1.165, 1.54) is 11.0 Å². The molecular formula is C15H15N7O. The van der Waals surface area contributed by atoms with Gasteiger partial charge in [-0.15, -0.1) is 10.2 Å². The Hall–Kier alpha value is -3.03. The van der Waals surface area contributed by atoms with Gasteiger partial charge in [-0.2, -0.15) is 9.90 Å². The van der Waals surface area contributed by atoms with Crippen molar-refractivity contribution in [1.29, 1.82) is 0 Å². The van der Waals surface area contributed by atoms with Crippen LogP contribution in [0.3, 0.4) is 0 Å². The van der Waals surface area contributed by atoms with E-state index < -0.39 is 0 Å². The number of likely N-dealkylation sites (tertiary alicyclic amines) is 1. The Morgan fingerprint density at radius 1 is 1.22 bits per heavy atom. The zero-order chi connectivity index (χ0) is 15.6. The van der Waals surface area contributed by atoms with Crippen LogP contribution in [-0.2, 0) is 6.54 Å². The minimum Gasteiger partial charge on any atom is -0.336 e. The quantitative estimate of drug-likeness (QED) is 0.706. The van der Waals surface area contributed by atoms with Crippen molar-refractivity contribution in [3.63, 3.8) is 0 Å². The van der Waals surface area contributed by atoms with E-state index in [0.29, 0.717) is 24.7 Å². The summed E-state index contributed by atoms with van der Waals surface area (Å²) >= 11 is 0. The second-order valence-corrected chi connectivity index (χ2v) is 5.56. The van der Waals surface area contributed by atoms with Gasteiger partial charge in [0.25, 0.3) is 5.91 Å². The van der Waals surface area contributed by atoms with Crippen LogP contribution in [0, 0.1) is 5.92 Å². The highest BCUT2D eigenvalue weighted by Gasteiger charge is 2.32. The molecule has 0 atom stereocenters. The molecule has 1 aromatic carbocycles. The fourth-order valence-electron chi connectivity index (χ4n) is 2.65. The van der Waals surface area contributed by atoms with Crippen LogP contribution in [0.25, 0.3) is 5.69 Å². The van der Waals surface area contributed by atoms with Crippen molar-refractivity contribution in [2.75, 3.05) is 13.1 Å². The molecule has 1 fully saturated rings. The fourth-order valence-corrected chi connectivity index (χ4v) is 2.65. The number of carbonyl (C=O) groups is 1. The van der Waals surface area contributed by atoms with Crippen molar-refractivity contribution >= 4 is 5.91 Å². The molecule has 1 saturated heterocycles. The van der Waals surface area contributed by atoms with Crippen LogP contribution in [0.1, 0.15) is 10.5 Å². The number of hydrogen-bond donors (Lipinski definition) is 0. The van der Waals surface area contributed by atoms with Crippen LogP contribution in [0.5, 0.6) is 0 Å². The topological polar surface area (TPSA) is 81.7 Å². The summed E-state index contributed by atoms with van der Waals surface area (Å²) in [5.74, 6) is 0.326. The summed E-state index contributed by atoms with van der Waals surface area (Å²) in [6.07, 6.45) is 5.00. The van der Waals surface area contributed by atoms with Crippen molar-refractivity contribution in [3.8, 4) is 5.69 Å². The van der Waals surface area contributed by atoms with Crippen LogP contribution in [0.4, 0.5) is 0 Å². The standard InChI is InChI=1S/C15H15N7O/c23-15(20-9-12(10-20)11-21-7-6-16-19-21)14-8-17-22(18-14)13-4-2-1-3-5-13/h1-8,12H,9-11H2. The Labute approximate surface area is 132 Å². The second kappa shape index (κ2) is 5.64. The van der Waals surface area contributed by atoms with Crippen LogP contribution >= 0.6 is 0 Å². The molecule has 0 saturated carbocycles. The molecule has 0 aliphatic carbocycles. The highest BCUT2D eigenvalue weighted by molar-refractivity contribution is 5.92. The number of benzene rings is 1. The van der Waals surface area contributed by atoms with Crippen LogP contribution < -0.4 is 0 Å². The van der Waals surface area contributed by atoms with Gasteiger partial charge in [0.1, 0.15) is 0 Å². The average molecular weight is 309 g/mol. The zero-order valence-electron chi connectivity index (χ0n) is 12.4. The summed E-state index contributed by atoms with van der Waals surface area (Å²) in [4.78, 5) is 15.6. The smallest absolute Gasteiger partial charge is 0.276 e. The van der Waals surface area contributed by atoms with Gasteiger partial charge in [-0.25, -0.2) is 0 Å². The monoisotopic (exact) mass is 309 g/mol. The highest BCUT2D eigenvalue weighted by Crippen LogP contribution is 2.19. The van der Waals surface area contributed by atoms with E-state index in [-0.39, 0.29) is 5.91 Å². The molecule has 23 heavy (non-hydrogen) atoms. The van der Waals surface area contributed by atoms with Gasteiger partial charge < -0.3 is 4.90 Å². The second-order valence-electron chi connectivity index (χ2n) is 5.56. The summed E-state index contributed by atoms with van der Waals surface area (Å²) in [6.45, 7) is 2.19. The maximum absolute atomic E-state index is 12.4. The lowest BCUT2D eigenvalue weighted by Gasteiger charge is -2.38. The Morgan fingerprint density at radius 2 is 2.04 bits per heavy atom. The molecule has 1 aliphatic heterocycles. The first-order valence-electron chi connectivity index (χ1n) is 7.41. The molecule has 116 valence electrons. The van der Waals surface area contributed by atoms with E-state index >= 15 is 0 Å². The summed E-state index contributed by atoms with van der Waals surface area (Å²) in [7, 11) is 0. The Balaban J connectivity index is 1.38. The van der Waals surface area contributed by atoms with Crippen molar-refractivity contribution in [1.82, 2.24) is 34.9 Å². The van der Waals surface area contributed by atoms with Crippen LogP contribution in [-0.4, -0.2) is 53.9 Å². The summed E-state index contributed by atoms with van der Waals surface area (Å²) in [5, 5.41) is 16.2. The Bertz CT molecular complexity index is 790. The van der Waals surface area contributed by atoms with Crippen molar-refractivity contribution in [3.05, 3.63) is 54.6 Å². The van der Waals surface area contributed by atoms with Gasteiger partial charge in [-0.3, -0.25) is 9.48 Å². The molecule has 3 heterocycles. The Kier molecular flexibility index (Phi) is 3.34. The molecule has 0 spiro atoms. The lowest BCUT2D eigenvalue weighted by atomic mass is 10.00. The van der Waals surface area contributed by atoms with E-state index in [1.807, 2.05) is 36.5 Å². The molecular weight excluding hydrogens is 294 g/mol. The van der Waals surface area contributed by atoms with Gasteiger partial charge in [0.05, 0.1) is 18.1 Å².